The van der Waals surface area contributed by atoms with Gasteiger partial charge in [-0.25, -0.2) is 0 Å². The SMILES string of the molecule is Cc1ccc(Br)cc1NCC1CCC2(CCCC2)O1. The Balaban J connectivity index is 1.57. The largest absolute Gasteiger partial charge is 0.382 e. The molecule has 104 valence electrons. The van der Waals surface area contributed by atoms with Crippen LogP contribution in [0.3, 0.4) is 0 Å². The summed E-state index contributed by atoms with van der Waals surface area (Å²) < 4.78 is 7.45. The summed E-state index contributed by atoms with van der Waals surface area (Å²) in [6.07, 6.45) is 8.11. The maximum Gasteiger partial charge on any atom is 0.0756 e. The van der Waals surface area contributed by atoms with Gasteiger partial charge in [0.2, 0.25) is 0 Å². The van der Waals surface area contributed by atoms with Gasteiger partial charge in [0.15, 0.2) is 0 Å². The minimum Gasteiger partial charge on any atom is -0.382 e. The lowest BCUT2D eigenvalue weighted by atomic mass is 9.98. The number of halogens is 1. The van der Waals surface area contributed by atoms with Crippen molar-refractivity contribution in [3.8, 4) is 0 Å². The summed E-state index contributed by atoms with van der Waals surface area (Å²) in [7, 11) is 0. The topological polar surface area (TPSA) is 21.3 Å². The van der Waals surface area contributed by atoms with Gasteiger partial charge in [0, 0.05) is 16.7 Å². The van der Waals surface area contributed by atoms with E-state index in [0.717, 1.165) is 11.0 Å². The molecule has 0 amide bonds. The van der Waals surface area contributed by atoms with Crippen molar-refractivity contribution in [3.05, 3.63) is 28.2 Å². The number of hydrogen-bond acceptors (Lipinski definition) is 2. The van der Waals surface area contributed by atoms with Gasteiger partial charge in [-0.3, -0.25) is 0 Å². The molecule has 1 spiro atoms. The second kappa shape index (κ2) is 5.45. The van der Waals surface area contributed by atoms with Crippen LogP contribution in [0.1, 0.15) is 44.1 Å². The third-order valence-electron chi connectivity index (χ3n) is 4.57. The summed E-state index contributed by atoms with van der Waals surface area (Å²) in [5, 5.41) is 3.55. The Kier molecular flexibility index (Phi) is 3.86. The molecule has 1 heterocycles. The molecule has 19 heavy (non-hydrogen) atoms. The molecule has 1 saturated carbocycles. The number of nitrogens with one attached hydrogen (secondary N) is 1. The minimum atomic E-state index is 0.249. The molecule has 3 rings (SSSR count). The van der Waals surface area contributed by atoms with E-state index in [-0.39, 0.29) is 5.60 Å². The summed E-state index contributed by atoms with van der Waals surface area (Å²) in [5.41, 5.74) is 2.75. The van der Waals surface area contributed by atoms with E-state index in [9.17, 15) is 0 Å². The Bertz CT molecular complexity index is 454. The molecule has 0 bridgehead atoms. The van der Waals surface area contributed by atoms with Crippen molar-refractivity contribution in [1.29, 1.82) is 0 Å². The summed E-state index contributed by atoms with van der Waals surface area (Å²) in [6, 6.07) is 6.37. The van der Waals surface area contributed by atoms with Crippen LogP contribution < -0.4 is 5.32 Å². The highest BCUT2D eigenvalue weighted by atomic mass is 79.9. The molecule has 1 unspecified atom stereocenters. The average molecular weight is 324 g/mol. The van der Waals surface area contributed by atoms with Crippen LogP contribution in [0.25, 0.3) is 0 Å². The van der Waals surface area contributed by atoms with E-state index < -0.39 is 0 Å². The maximum atomic E-state index is 6.33. The van der Waals surface area contributed by atoms with Crippen LogP contribution >= 0.6 is 15.9 Å². The van der Waals surface area contributed by atoms with Gasteiger partial charge >= 0.3 is 0 Å². The lowest BCUT2D eigenvalue weighted by Crippen LogP contribution is -2.28. The lowest BCUT2D eigenvalue weighted by Gasteiger charge is -2.24. The molecule has 1 saturated heterocycles. The van der Waals surface area contributed by atoms with Crippen molar-refractivity contribution in [2.75, 3.05) is 11.9 Å². The van der Waals surface area contributed by atoms with Crippen LogP contribution in [0.15, 0.2) is 22.7 Å². The number of anilines is 1. The second-order valence-electron chi connectivity index (χ2n) is 6.01. The molecule has 1 atom stereocenters. The Morgan fingerprint density at radius 2 is 2.11 bits per heavy atom. The van der Waals surface area contributed by atoms with Crippen molar-refractivity contribution in [1.82, 2.24) is 0 Å². The van der Waals surface area contributed by atoms with Gasteiger partial charge < -0.3 is 10.1 Å². The van der Waals surface area contributed by atoms with Gasteiger partial charge in [0.1, 0.15) is 0 Å². The Morgan fingerprint density at radius 1 is 1.32 bits per heavy atom. The van der Waals surface area contributed by atoms with E-state index >= 15 is 0 Å². The molecule has 1 aliphatic heterocycles. The Hall–Kier alpha value is -0.540. The average Bonchev–Trinajstić information content (AvgIpc) is 3.02. The first-order valence-corrected chi connectivity index (χ1v) is 8.14. The van der Waals surface area contributed by atoms with Gasteiger partial charge in [0.05, 0.1) is 11.7 Å². The zero-order chi connectivity index (χ0) is 13.3. The van der Waals surface area contributed by atoms with E-state index in [4.69, 9.17) is 4.74 Å². The van der Waals surface area contributed by atoms with E-state index in [1.807, 2.05) is 0 Å². The predicted octanol–water partition coefficient (Wildman–Crippen LogP) is 4.66. The number of rotatable bonds is 3. The molecule has 1 aromatic carbocycles. The maximum absolute atomic E-state index is 6.33. The van der Waals surface area contributed by atoms with E-state index in [2.05, 4.69) is 46.4 Å². The molecule has 1 aliphatic carbocycles. The van der Waals surface area contributed by atoms with Crippen LogP contribution in [-0.4, -0.2) is 18.2 Å². The van der Waals surface area contributed by atoms with Crippen molar-refractivity contribution in [2.45, 2.75) is 57.2 Å². The third-order valence-corrected chi connectivity index (χ3v) is 5.07. The zero-order valence-corrected chi connectivity index (χ0v) is 13.1. The molecular formula is C16H22BrNO. The fraction of sp³-hybridized carbons (Fsp3) is 0.625. The number of hydrogen-bond donors (Lipinski definition) is 1. The summed E-state index contributed by atoms with van der Waals surface area (Å²) in [5.74, 6) is 0. The summed E-state index contributed by atoms with van der Waals surface area (Å²) >= 11 is 3.53. The van der Waals surface area contributed by atoms with Gasteiger partial charge in [-0.05, 0) is 50.3 Å². The highest BCUT2D eigenvalue weighted by Crippen LogP contribution is 2.43. The number of ether oxygens (including phenoxy) is 1. The van der Waals surface area contributed by atoms with Crippen molar-refractivity contribution in [3.63, 3.8) is 0 Å². The van der Waals surface area contributed by atoms with Crippen molar-refractivity contribution >= 4 is 21.6 Å². The van der Waals surface area contributed by atoms with E-state index in [1.165, 1.54) is 49.8 Å². The fourth-order valence-electron chi connectivity index (χ4n) is 3.43. The highest BCUT2D eigenvalue weighted by Gasteiger charge is 2.41. The molecule has 3 heteroatoms. The fourth-order valence-corrected chi connectivity index (χ4v) is 3.80. The highest BCUT2D eigenvalue weighted by molar-refractivity contribution is 9.10. The monoisotopic (exact) mass is 323 g/mol. The van der Waals surface area contributed by atoms with Crippen molar-refractivity contribution < 1.29 is 4.74 Å². The molecule has 2 nitrogen and oxygen atoms in total. The molecule has 0 radical (unpaired) electrons. The zero-order valence-electron chi connectivity index (χ0n) is 11.5. The summed E-state index contributed by atoms with van der Waals surface area (Å²) in [4.78, 5) is 0. The first-order chi connectivity index (χ1) is 9.17. The van der Waals surface area contributed by atoms with E-state index in [1.54, 1.807) is 0 Å². The minimum absolute atomic E-state index is 0.249. The number of benzene rings is 1. The van der Waals surface area contributed by atoms with Gasteiger partial charge in [-0.1, -0.05) is 34.8 Å². The van der Waals surface area contributed by atoms with Crippen LogP contribution in [0, 0.1) is 6.92 Å². The molecular weight excluding hydrogens is 302 g/mol. The van der Waals surface area contributed by atoms with Crippen LogP contribution in [-0.2, 0) is 4.74 Å². The molecule has 2 fully saturated rings. The molecule has 0 aromatic heterocycles. The van der Waals surface area contributed by atoms with Crippen LogP contribution in [0.2, 0.25) is 0 Å². The second-order valence-corrected chi connectivity index (χ2v) is 6.92. The van der Waals surface area contributed by atoms with Gasteiger partial charge in [-0.15, -0.1) is 0 Å². The first-order valence-electron chi connectivity index (χ1n) is 7.35. The lowest BCUT2D eigenvalue weighted by molar-refractivity contribution is -0.0307. The molecule has 1 N–H and O–H groups in total. The van der Waals surface area contributed by atoms with Gasteiger partial charge in [0.25, 0.3) is 0 Å². The summed E-state index contributed by atoms with van der Waals surface area (Å²) in [6.45, 7) is 3.07. The normalized spacial score (nSPS) is 25.1. The van der Waals surface area contributed by atoms with Gasteiger partial charge in [-0.2, -0.15) is 0 Å². The standard InChI is InChI=1S/C16H22BrNO/c1-12-4-5-13(17)10-15(12)18-11-14-6-9-16(19-14)7-2-3-8-16/h4-5,10,14,18H,2-3,6-9,11H2,1H3. The van der Waals surface area contributed by atoms with Crippen molar-refractivity contribution in [2.24, 2.45) is 0 Å². The Morgan fingerprint density at radius 3 is 2.89 bits per heavy atom. The van der Waals surface area contributed by atoms with Crippen LogP contribution in [0.4, 0.5) is 5.69 Å². The smallest absolute Gasteiger partial charge is 0.0756 e. The number of aryl methyl sites for hydroxylation is 1. The molecule has 1 aromatic rings. The quantitative estimate of drug-likeness (QED) is 0.873. The van der Waals surface area contributed by atoms with Crippen LogP contribution in [0.5, 0.6) is 0 Å². The first kappa shape index (κ1) is 13.4. The molecule has 2 aliphatic rings. The third kappa shape index (κ3) is 2.97. The van der Waals surface area contributed by atoms with E-state index in [0.29, 0.717) is 6.10 Å². The Labute approximate surface area is 124 Å². The predicted molar refractivity (Wildman–Crippen MR) is 82.7 cm³/mol.